The van der Waals surface area contributed by atoms with E-state index in [1.165, 1.54) is 6.92 Å². The zero-order valence-electron chi connectivity index (χ0n) is 11.6. The van der Waals surface area contributed by atoms with E-state index in [2.05, 4.69) is 5.32 Å². The van der Waals surface area contributed by atoms with Crippen LogP contribution in [0.3, 0.4) is 0 Å². The first kappa shape index (κ1) is 14.8. The largest absolute Gasteiger partial charge is 0.481 e. The minimum Gasteiger partial charge on any atom is -0.481 e. The highest BCUT2D eigenvalue weighted by Crippen LogP contribution is 2.12. The summed E-state index contributed by atoms with van der Waals surface area (Å²) in [5.74, 6) is -2.51. The van der Waals surface area contributed by atoms with Gasteiger partial charge in [0, 0.05) is 12.1 Å². The molecule has 21 heavy (non-hydrogen) atoms. The number of aliphatic carboxylic acids is 1. The molecule has 0 aliphatic rings. The Bertz CT molecular complexity index is 749. The predicted octanol–water partition coefficient (Wildman–Crippen LogP) is 1.63. The second-order valence-corrected chi connectivity index (χ2v) is 4.86. The molecule has 0 radical (unpaired) electrons. The lowest BCUT2D eigenvalue weighted by Gasteiger charge is -2.17. The maximum Gasteiger partial charge on any atom is 0.308 e. The first-order valence-corrected chi connectivity index (χ1v) is 6.46. The number of rotatable bonds is 4. The zero-order chi connectivity index (χ0) is 15.6. The monoisotopic (exact) mass is 289 g/mol. The van der Waals surface area contributed by atoms with Crippen LogP contribution in [0, 0.1) is 5.92 Å². The molecule has 0 aliphatic heterocycles. The number of fused-ring (bicyclic) bond motifs is 1. The SMILES string of the molecule is CC(NC(=O)c1cc(=O)c2ccccc2o1)C(C)C(=O)O. The Morgan fingerprint density at radius 2 is 1.90 bits per heavy atom. The Labute approximate surface area is 120 Å². The summed E-state index contributed by atoms with van der Waals surface area (Å²) < 4.78 is 5.39. The molecular formula is C15H15NO5. The number of carbonyl (C=O) groups is 2. The third kappa shape index (κ3) is 3.10. The fourth-order valence-corrected chi connectivity index (χ4v) is 1.83. The standard InChI is InChI=1S/C15H15NO5/c1-8(15(19)20)9(2)16-14(18)13-7-11(17)10-5-3-4-6-12(10)21-13/h3-9H,1-2H3,(H,16,18)(H,19,20). The molecule has 2 rings (SSSR count). The van der Waals surface area contributed by atoms with Gasteiger partial charge in [-0.05, 0) is 26.0 Å². The minimum absolute atomic E-state index is 0.136. The highest BCUT2D eigenvalue weighted by molar-refractivity contribution is 5.93. The molecular weight excluding hydrogens is 274 g/mol. The molecule has 1 aromatic heterocycles. The number of carboxylic acid groups (broad SMARTS) is 1. The van der Waals surface area contributed by atoms with Crippen LogP contribution in [0.5, 0.6) is 0 Å². The molecule has 2 unspecified atom stereocenters. The maximum absolute atomic E-state index is 12.0. The van der Waals surface area contributed by atoms with Gasteiger partial charge in [-0.25, -0.2) is 0 Å². The summed E-state index contributed by atoms with van der Waals surface area (Å²) >= 11 is 0. The van der Waals surface area contributed by atoms with E-state index >= 15 is 0 Å². The lowest BCUT2D eigenvalue weighted by atomic mass is 10.0. The van der Waals surface area contributed by atoms with Crippen LogP contribution in [0.15, 0.2) is 39.5 Å². The average Bonchev–Trinajstić information content (AvgIpc) is 2.46. The van der Waals surface area contributed by atoms with Crippen LogP contribution in [0.25, 0.3) is 11.0 Å². The summed E-state index contributed by atoms with van der Waals surface area (Å²) in [7, 11) is 0. The molecule has 2 aromatic rings. The quantitative estimate of drug-likeness (QED) is 0.891. The number of hydrogen-bond donors (Lipinski definition) is 2. The molecule has 1 amide bonds. The molecule has 0 saturated carbocycles. The van der Waals surface area contributed by atoms with E-state index in [9.17, 15) is 14.4 Å². The van der Waals surface area contributed by atoms with Crippen molar-refractivity contribution < 1.29 is 19.1 Å². The van der Waals surface area contributed by atoms with E-state index in [1.54, 1.807) is 31.2 Å². The first-order chi connectivity index (χ1) is 9.90. The number of carbonyl (C=O) groups excluding carboxylic acids is 1. The number of hydrogen-bond acceptors (Lipinski definition) is 4. The lowest BCUT2D eigenvalue weighted by molar-refractivity contribution is -0.141. The molecule has 1 aromatic carbocycles. The first-order valence-electron chi connectivity index (χ1n) is 6.46. The van der Waals surface area contributed by atoms with Gasteiger partial charge in [-0.15, -0.1) is 0 Å². The van der Waals surface area contributed by atoms with Crippen LogP contribution in [0.1, 0.15) is 24.4 Å². The van der Waals surface area contributed by atoms with Crippen molar-refractivity contribution in [1.29, 1.82) is 0 Å². The van der Waals surface area contributed by atoms with Crippen LogP contribution < -0.4 is 10.7 Å². The molecule has 110 valence electrons. The van der Waals surface area contributed by atoms with Gasteiger partial charge in [-0.3, -0.25) is 14.4 Å². The minimum atomic E-state index is -1.01. The molecule has 2 atom stereocenters. The van der Waals surface area contributed by atoms with Crippen molar-refractivity contribution in [1.82, 2.24) is 5.32 Å². The molecule has 0 bridgehead atoms. The molecule has 0 aliphatic carbocycles. The molecule has 6 nitrogen and oxygen atoms in total. The molecule has 0 spiro atoms. The van der Waals surface area contributed by atoms with Gasteiger partial charge >= 0.3 is 5.97 Å². The fraction of sp³-hybridized carbons (Fsp3) is 0.267. The molecule has 0 saturated heterocycles. The molecule has 1 heterocycles. The van der Waals surface area contributed by atoms with Gasteiger partial charge in [-0.1, -0.05) is 12.1 Å². The number of para-hydroxylation sites is 1. The number of benzene rings is 1. The van der Waals surface area contributed by atoms with Crippen molar-refractivity contribution in [3.05, 3.63) is 46.3 Å². The summed E-state index contributed by atoms with van der Waals surface area (Å²) in [5.41, 5.74) is -0.00461. The highest BCUT2D eigenvalue weighted by Gasteiger charge is 2.22. The number of nitrogens with one attached hydrogen (secondary N) is 1. The van der Waals surface area contributed by atoms with Crippen LogP contribution in [0.4, 0.5) is 0 Å². The van der Waals surface area contributed by atoms with Gasteiger partial charge in [-0.2, -0.15) is 0 Å². The van der Waals surface area contributed by atoms with Gasteiger partial charge < -0.3 is 14.8 Å². The van der Waals surface area contributed by atoms with Crippen molar-refractivity contribution in [2.45, 2.75) is 19.9 Å². The second kappa shape index (κ2) is 5.78. The summed E-state index contributed by atoms with van der Waals surface area (Å²) in [6, 6.07) is 7.12. The predicted molar refractivity (Wildman–Crippen MR) is 76.2 cm³/mol. The van der Waals surface area contributed by atoms with Gasteiger partial charge in [0.2, 0.25) is 0 Å². The smallest absolute Gasteiger partial charge is 0.308 e. The summed E-state index contributed by atoms with van der Waals surface area (Å²) in [5, 5.41) is 11.8. The summed E-state index contributed by atoms with van der Waals surface area (Å²) in [4.78, 5) is 34.8. The summed E-state index contributed by atoms with van der Waals surface area (Å²) in [6.07, 6.45) is 0. The topological polar surface area (TPSA) is 96.6 Å². The third-order valence-electron chi connectivity index (χ3n) is 3.36. The Morgan fingerprint density at radius 1 is 1.24 bits per heavy atom. The van der Waals surface area contributed by atoms with Gasteiger partial charge in [0.1, 0.15) is 5.58 Å². The molecule has 0 fully saturated rings. The second-order valence-electron chi connectivity index (χ2n) is 4.86. The number of amides is 1. The van der Waals surface area contributed by atoms with Crippen molar-refractivity contribution in [3.8, 4) is 0 Å². The summed E-state index contributed by atoms with van der Waals surface area (Å²) in [6.45, 7) is 3.07. The Balaban J connectivity index is 2.28. The van der Waals surface area contributed by atoms with E-state index < -0.39 is 23.8 Å². The van der Waals surface area contributed by atoms with Gasteiger partial charge in [0.25, 0.3) is 5.91 Å². The van der Waals surface area contributed by atoms with Crippen LogP contribution in [-0.2, 0) is 4.79 Å². The highest BCUT2D eigenvalue weighted by atomic mass is 16.4. The van der Waals surface area contributed by atoms with Crippen molar-refractivity contribution in [3.63, 3.8) is 0 Å². The van der Waals surface area contributed by atoms with E-state index in [4.69, 9.17) is 9.52 Å². The van der Waals surface area contributed by atoms with Gasteiger partial charge in [0.05, 0.1) is 11.3 Å². The average molecular weight is 289 g/mol. The van der Waals surface area contributed by atoms with E-state index in [0.29, 0.717) is 11.0 Å². The van der Waals surface area contributed by atoms with Crippen LogP contribution >= 0.6 is 0 Å². The Morgan fingerprint density at radius 3 is 2.57 bits per heavy atom. The molecule has 6 heteroatoms. The van der Waals surface area contributed by atoms with Crippen molar-refractivity contribution in [2.24, 2.45) is 5.92 Å². The third-order valence-corrected chi connectivity index (χ3v) is 3.36. The van der Waals surface area contributed by atoms with Crippen LogP contribution in [-0.4, -0.2) is 23.0 Å². The Hall–Kier alpha value is -2.63. The van der Waals surface area contributed by atoms with Crippen LogP contribution in [0.2, 0.25) is 0 Å². The van der Waals surface area contributed by atoms with Crippen molar-refractivity contribution >= 4 is 22.8 Å². The Kier molecular flexibility index (Phi) is 4.07. The normalized spacial score (nSPS) is 13.6. The maximum atomic E-state index is 12.0. The number of carboxylic acids is 1. The van der Waals surface area contributed by atoms with E-state index in [1.807, 2.05) is 0 Å². The lowest BCUT2D eigenvalue weighted by Crippen LogP contribution is -2.40. The fourth-order valence-electron chi connectivity index (χ4n) is 1.83. The van der Waals surface area contributed by atoms with E-state index in [-0.39, 0.29) is 11.2 Å². The van der Waals surface area contributed by atoms with E-state index in [0.717, 1.165) is 6.07 Å². The molecule has 2 N–H and O–H groups in total. The van der Waals surface area contributed by atoms with Gasteiger partial charge in [0.15, 0.2) is 11.2 Å². The zero-order valence-corrected chi connectivity index (χ0v) is 11.6. The van der Waals surface area contributed by atoms with Crippen molar-refractivity contribution in [2.75, 3.05) is 0 Å².